The van der Waals surface area contributed by atoms with Crippen molar-refractivity contribution in [3.05, 3.63) is 77.6 Å². The van der Waals surface area contributed by atoms with Gasteiger partial charge < -0.3 is 25.9 Å². The zero-order valence-corrected chi connectivity index (χ0v) is 20.3. The van der Waals surface area contributed by atoms with Gasteiger partial charge in [0, 0.05) is 34.4 Å². The second-order valence-corrected chi connectivity index (χ2v) is 9.36. The Kier molecular flexibility index (Phi) is 6.06. The number of aromatic amines is 1. The highest BCUT2D eigenvalue weighted by atomic mass is 19.4. The molecule has 3 aromatic heterocycles. The molecule has 2 amide bonds. The maximum Gasteiger partial charge on any atom is 0.424 e. The minimum absolute atomic E-state index is 0.0245. The van der Waals surface area contributed by atoms with E-state index >= 15 is 0 Å². The van der Waals surface area contributed by atoms with Crippen molar-refractivity contribution in [2.75, 3.05) is 13.2 Å². The quantitative estimate of drug-likeness (QED) is 0.275. The molecule has 1 aromatic carbocycles. The van der Waals surface area contributed by atoms with Crippen molar-refractivity contribution in [3.63, 3.8) is 0 Å². The van der Waals surface area contributed by atoms with E-state index in [-0.39, 0.29) is 34.9 Å². The van der Waals surface area contributed by atoms with Crippen LogP contribution in [-0.4, -0.2) is 51.2 Å². The van der Waals surface area contributed by atoms with Gasteiger partial charge in [-0.1, -0.05) is 0 Å². The lowest BCUT2D eigenvalue weighted by Crippen LogP contribution is -2.52. The number of rotatable bonds is 6. The standard InChI is InChI=1S/C26H21F4N5O4/c1-24(23(31)37)12-39-21-16(24)10-18(35-19(21)13-2-4-14(27)5-3-13)25(38,26(28,29)30)11-34-22(36)20-15-6-8-32-17(15)7-9-33-20/h2-10,32,38H,11-12H2,1H3,(H2,31,37)(H,34,36)/t24-,25?/m0/s1. The van der Waals surface area contributed by atoms with E-state index in [0.29, 0.717) is 10.9 Å². The Labute approximate surface area is 218 Å². The first-order valence-corrected chi connectivity index (χ1v) is 11.6. The molecule has 0 spiro atoms. The fourth-order valence-corrected chi connectivity index (χ4v) is 4.39. The Balaban J connectivity index is 1.62. The number of pyridine rings is 2. The molecule has 202 valence electrons. The smallest absolute Gasteiger partial charge is 0.424 e. The molecule has 5 N–H and O–H groups in total. The van der Waals surface area contributed by atoms with Crippen molar-refractivity contribution in [2.45, 2.75) is 24.1 Å². The number of carbonyl (C=O) groups is 2. The molecule has 5 rings (SSSR count). The summed E-state index contributed by atoms with van der Waals surface area (Å²) in [5.41, 5.74) is -0.264. The van der Waals surface area contributed by atoms with Crippen molar-refractivity contribution >= 4 is 22.7 Å². The van der Waals surface area contributed by atoms with Crippen molar-refractivity contribution in [1.29, 1.82) is 0 Å². The van der Waals surface area contributed by atoms with Gasteiger partial charge in [-0.05, 0) is 49.4 Å². The van der Waals surface area contributed by atoms with Gasteiger partial charge in [0.25, 0.3) is 5.91 Å². The number of halogens is 4. The van der Waals surface area contributed by atoms with Gasteiger partial charge in [-0.2, -0.15) is 13.2 Å². The van der Waals surface area contributed by atoms with Crippen LogP contribution < -0.4 is 15.8 Å². The van der Waals surface area contributed by atoms with Crippen LogP contribution in [0, 0.1) is 5.82 Å². The highest BCUT2D eigenvalue weighted by molar-refractivity contribution is 6.04. The second-order valence-electron chi connectivity index (χ2n) is 9.36. The lowest BCUT2D eigenvalue weighted by molar-refractivity contribution is -0.265. The number of ether oxygens (including phenoxy) is 1. The number of alkyl halides is 3. The van der Waals surface area contributed by atoms with Crippen molar-refractivity contribution in [2.24, 2.45) is 5.73 Å². The Morgan fingerprint density at radius 3 is 2.59 bits per heavy atom. The molecule has 4 aromatic rings. The lowest BCUT2D eigenvalue weighted by Gasteiger charge is -2.31. The fourth-order valence-electron chi connectivity index (χ4n) is 4.39. The number of H-pyrrole nitrogens is 1. The summed E-state index contributed by atoms with van der Waals surface area (Å²) >= 11 is 0. The number of aromatic nitrogens is 3. The van der Waals surface area contributed by atoms with E-state index in [1.54, 1.807) is 12.3 Å². The Bertz CT molecular complexity index is 1600. The molecule has 0 bridgehead atoms. The molecule has 2 atom stereocenters. The van der Waals surface area contributed by atoms with Crippen LogP contribution in [0.25, 0.3) is 22.2 Å². The molecule has 4 heterocycles. The molecule has 0 aliphatic carbocycles. The van der Waals surface area contributed by atoms with Crippen molar-refractivity contribution in [3.8, 4) is 17.0 Å². The Hall–Kier alpha value is -4.52. The molecule has 0 saturated carbocycles. The number of hydrogen-bond acceptors (Lipinski definition) is 6. The summed E-state index contributed by atoms with van der Waals surface area (Å²) in [7, 11) is 0. The number of amides is 2. The predicted octanol–water partition coefficient (Wildman–Crippen LogP) is 3.08. The minimum atomic E-state index is -5.34. The molecule has 1 aliphatic rings. The number of benzene rings is 1. The van der Waals surface area contributed by atoms with E-state index < -0.39 is 47.1 Å². The maximum absolute atomic E-state index is 14.5. The third kappa shape index (κ3) is 4.24. The van der Waals surface area contributed by atoms with Gasteiger partial charge in [-0.25, -0.2) is 9.37 Å². The molecule has 13 heteroatoms. The van der Waals surface area contributed by atoms with E-state index in [4.69, 9.17) is 10.5 Å². The average Bonchev–Trinajstić information content (AvgIpc) is 3.52. The summed E-state index contributed by atoms with van der Waals surface area (Å²) in [6.45, 7) is -0.234. The largest absolute Gasteiger partial charge is 0.489 e. The Morgan fingerprint density at radius 1 is 1.21 bits per heavy atom. The number of hydrogen-bond donors (Lipinski definition) is 4. The molecule has 0 fully saturated rings. The van der Waals surface area contributed by atoms with Crippen LogP contribution in [0.15, 0.2) is 54.9 Å². The summed E-state index contributed by atoms with van der Waals surface area (Å²) < 4.78 is 62.7. The summed E-state index contributed by atoms with van der Waals surface area (Å²) in [5, 5.41) is 13.6. The number of nitrogens with zero attached hydrogens (tertiary/aromatic N) is 2. The third-order valence-corrected chi connectivity index (χ3v) is 6.83. The van der Waals surface area contributed by atoms with Gasteiger partial charge in [-0.15, -0.1) is 0 Å². The van der Waals surface area contributed by atoms with Crippen LogP contribution in [0.1, 0.15) is 28.7 Å². The van der Waals surface area contributed by atoms with Gasteiger partial charge in [0.2, 0.25) is 11.5 Å². The first-order chi connectivity index (χ1) is 18.3. The molecule has 39 heavy (non-hydrogen) atoms. The van der Waals surface area contributed by atoms with Crippen molar-refractivity contribution in [1.82, 2.24) is 20.3 Å². The first kappa shape index (κ1) is 26.1. The SMILES string of the molecule is C[C@]1(C(N)=O)COc2c1cc(C(O)(CNC(=O)c1nccc3[nH]ccc13)C(F)(F)F)nc2-c1ccc(F)cc1. The molecular weight excluding hydrogens is 522 g/mol. The van der Waals surface area contributed by atoms with Crippen LogP contribution in [0.3, 0.4) is 0 Å². The number of aliphatic hydroxyl groups is 1. The number of primary amides is 1. The molecule has 9 nitrogen and oxygen atoms in total. The number of nitrogens with one attached hydrogen (secondary N) is 2. The number of nitrogens with two attached hydrogens (primary N) is 1. The van der Waals surface area contributed by atoms with Gasteiger partial charge in [-0.3, -0.25) is 14.6 Å². The monoisotopic (exact) mass is 543 g/mol. The van der Waals surface area contributed by atoms with Gasteiger partial charge in [0.1, 0.15) is 35.0 Å². The highest BCUT2D eigenvalue weighted by Gasteiger charge is 2.57. The Morgan fingerprint density at radius 2 is 1.92 bits per heavy atom. The summed E-state index contributed by atoms with van der Waals surface area (Å²) in [4.78, 5) is 36.1. The molecule has 0 radical (unpaired) electrons. The summed E-state index contributed by atoms with van der Waals surface area (Å²) in [5.74, 6) is -2.47. The average molecular weight is 543 g/mol. The predicted molar refractivity (Wildman–Crippen MR) is 130 cm³/mol. The fraction of sp³-hybridized carbons (Fsp3) is 0.231. The zero-order valence-electron chi connectivity index (χ0n) is 20.3. The van der Waals surface area contributed by atoms with Gasteiger partial charge in [0.15, 0.2) is 0 Å². The van der Waals surface area contributed by atoms with E-state index in [2.05, 4.69) is 20.3 Å². The van der Waals surface area contributed by atoms with Crippen molar-refractivity contribution < 1.29 is 37.0 Å². The van der Waals surface area contributed by atoms with Gasteiger partial charge in [0.05, 0.1) is 12.2 Å². The van der Waals surface area contributed by atoms with Crippen LogP contribution in [0.5, 0.6) is 5.75 Å². The molecule has 1 aliphatic heterocycles. The lowest BCUT2D eigenvalue weighted by atomic mass is 9.81. The zero-order chi connectivity index (χ0) is 28.2. The summed E-state index contributed by atoms with van der Waals surface area (Å²) in [6.07, 6.45) is -2.48. The van der Waals surface area contributed by atoms with E-state index in [1.807, 2.05) is 0 Å². The van der Waals surface area contributed by atoms with Crippen LogP contribution in [0.2, 0.25) is 0 Å². The van der Waals surface area contributed by atoms with E-state index in [9.17, 15) is 32.3 Å². The summed E-state index contributed by atoms with van der Waals surface area (Å²) in [6, 6.07) is 8.69. The third-order valence-electron chi connectivity index (χ3n) is 6.83. The maximum atomic E-state index is 14.5. The van der Waals surface area contributed by atoms with Crippen LogP contribution in [0.4, 0.5) is 17.6 Å². The topological polar surface area (TPSA) is 143 Å². The van der Waals surface area contributed by atoms with E-state index in [1.165, 1.54) is 31.3 Å². The van der Waals surface area contributed by atoms with Gasteiger partial charge >= 0.3 is 6.18 Å². The number of carbonyl (C=O) groups excluding carboxylic acids is 2. The number of fused-ring (bicyclic) bond motifs is 2. The molecule has 0 saturated heterocycles. The second kappa shape index (κ2) is 9.05. The van der Waals surface area contributed by atoms with Crippen LogP contribution >= 0.6 is 0 Å². The normalized spacial score (nSPS) is 18.3. The highest BCUT2D eigenvalue weighted by Crippen LogP contribution is 2.47. The van der Waals surface area contributed by atoms with Crippen LogP contribution in [-0.2, 0) is 15.8 Å². The molecular formula is C26H21F4N5O4. The first-order valence-electron chi connectivity index (χ1n) is 11.6. The molecule has 1 unspecified atom stereocenters. The van der Waals surface area contributed by atoms with E-state index in [0.717, 1.165) is 18.2 Å². The minimum Gasteiger partial charge on any atom is -0.489 e.